The van der Waals surface area contributed by atoms with Gasteiger partial charge in [-0.25, -0.2) is 4.79 Å². The third-order valence-corrected chi connectivity index (χ3v) is 4.42. The summed E-state index contributed by atoms with van der Waals surface area (Å²) >= 11 is 0. The SMILES string of the molecule is COCc1cn(CC2CCN(Cc3cc(C)[nH]n3)CC2)nn1.O=C(O)C(F)(F)F. The summed E-state index contributed by atoms with van der Waals surface area (Å²) in [5.41, 5.74) is 3.16. The number of carboxylic acids is 1. The van der Waals surface area contributed by atoms with Crippen molar-refractivity contribution in [3.8, 4) is 0 Å². The minimum Gasteiger partial charge on any atom is -0.475 e. The molecule has 12 heteroatoms. The fourth-order valence-electron chi connectivity index (χ4n) is 3.02. The summed E-state index contributed by atoms with van der Waals surface area (Å²) in [5.74, 6) is -2.08. The first-order chi connectivity index (χ1) is 13.7. The van der Waals surface area contributed by atoms with Crippen LogP contribution in [0.3, 0.4) is 0 Å². The molecule has 162 valence electrons. The van der Waals surface area contributed by atoms with Crippen molar-refractivity contribution in [1.82, 2.24) is 30.1 Å². The monoisotopic (exact) mass is 418 g/mol. The van der Waals surface area contributed by atoms with E-state index in [9.17, 15) is 13.2 Å². The average molecular weight is 418 g/mol. The Balaban J connectivity index is 0.000000370. The topological polar surface area (TPSA) is 109 Å². The highest BCUT2D eigenvalue weighted by molar-refractivity contribution is 5.73. The van der Waals surface area contributed by atoms with Crippen molar-refractivity contribution < 1.29 is 27.8 Å². The Hall–Kier alpha value is -2.47. The molecule has 0 aromatic carbocycles. The smallest absolute Gasteiger partial charge is 0.475 e. The van der Waals surface area contributed by atoms with E-state index in [1.54, 1.807) is 7.11 Å². The molecule has 1 saturated heterocycles. The number of hydrogen-bond donors (Lipinski definition) is 2. The first-order valence-electron chi connectivity index (χ1n) is 9.08. The first kappa shape index (κ1) is 22.8. The lowest BCUT2D eigenvalue weighted by atomic mass is 9.97. The predicted molar refractivity (Wildman–Crippen MR) is 95.8 cm³/mol. The van der Waals surface area contributed by atoms with Crippen LogP contribution in [0.25, 0.3) is 0 Å². The maximum absolute atomic E-state index is 10.6. The Morgan fingerprint density at radius 2 is 2.00 bits per heavy atom. The van der Waals surface area contributed by atoms with Crippen LogP contribution in [0.5, 0.6) is 0 Å². The van der Waals surface area contributed by atoms with Gasteiger partial charge >= 0.3 is 12.1 Å². The van der Waals surface area contributed by atoms with Crippen LogP contribution in [0.2, 0.25) is 0 Å². The van der Waals surface area contributed by atoms with Gasteiger partial charge in [0.05, 0.1) is 18.5 Å². The molecule has 0 amide bonds. The number of methoxy groups -OCH3 is 1. The zero-order chi connectivity index (χ0) is 21.4. The number of aliphatic carboxylic acids is 1. The van der Waals surface area contributed by atoms with E-state index < -0.39 is 12.1 Å². The second-order valence-corrected chi connectivity index (χ2v) is 6.93. The van der Waals surface area contributed by atoms with Gasteiger partial charge < -0.3 is 9.84 Å². The Morgan fingerprint density at radius 3 is 2.52 bits per heavy atom. The third kappa shape index (κ3) is 7.81. The van der Waals surface area contributed by atoms with Crippen LogP contribution in [0, 0.1) is 12.8 Å². The van der Waals surface area contributed by atoms with E-state index >= 15 is 0 Å². The van der Waals surface area contributed by atoms with Crippen LogP contribution < -0.4 is 0 Å². The van der Waals surface area contributed by atoms with Gasteiger partial charge in [0.1, 0.15) is 5.69 Å². The molecule has 0 unspecified atom stereocenters. The first-order valence-corrected chi connectivity index (χ1v) is 9.08. The molecule has 0 atom stereocenters. The lowest BCUT2D eigenvalue weighted by molar-refractivity contribution is -0.192. The number of hydrogen-bond acceptors (Lipinski definition) is 6. The number of halogens is 3. The van der Waals surface area contributed by atoms with Crippen molar-refractivity contribution in [1.29, 1.82) is 0 Å². The number of likely N-dealkylation sites (tertiary alicyclic amines) is 1. The molecule has 2 aromatic heterocycles. The van der Waals surface area contributed by atoms with Crippen molar-refractivity contribution in [2.24, 2.45) is 5.92 Å². The van der Waals surface area contributed by atoms with E-state index in [1.165, 1.54) is 12.8 Å². The molecule has 29 heavy (non-hydrogen) atoms. The van der Waals surface area contributed by atoms with Gasteiger partial charge in [-0.1, -0.05) is 5.21 Å². The molecule has 0 aliphatic carbocycles. The van der Waals surface area contributed by atoms with Gasteiger partial charge in [-0.05, 0) is 44.8 Å². The normalized spacial score (nSPS) is 15.8. The lowest BCUT2D eigenvalue weighted by Crippen LogP contribution is -2.34. The quantitative estimate of drug-likeness (QED) is 0.738. The van der Waals surface area contributed by atoms with Crippen LogP contribution in [0.1, 0.15) is 29.9 Å². The Labute approximate surface area is 165 Å². The number of carbonyl (C=O) groups is 1. The van der Waals surface area contributed by atoms with Crippen LogP contribution in [0.4, 0.5) is 13.2 Å². The standard InChI is InChI=1S/C15H24N6O.C2HF3O2/c1-12-7-14(17-16-12)9-20-5-3-13(4-6-20)8-21-10-15(11-22-2)18-19-21;3-2(4,5)1(6)7/h7,10,13H,3-6,8-9,11H2,1-2H3,(H,16,17);(H,6,7). The Morgan fingerprint density at radius 1 is 1.34 bits per heavy atom. The van der Waals surface area contributed by atoms with Gasteiger partial charge in [0, 0.05) is 25.9 Å². The molecule has 9 nitrogen and oxygen atoms in total. The largest absolute Gasteiger partial charge is 0.490 e. The fourth-order valence-corrected chi connectivity index (χ4v) is 3.02. The number of carboxylic acid groups (broad SMARTS) is 1. The molecule has 0 bridgehead atoms. The van der Waals surface area contributed by atoms with Gasteiger partial charge in [0.25, 0.3) is 0 Å². The Bertz CT molecular complexity index is 769. The van der Waals surface area contributed by atoms with E-state index in [1.807, 2.05) is 17.8 Å². The highest BCUT2D eigenvalue weighted by Gasteiger charge is 2.38. The lowest BCUT2D eigenvalue weighted by Gasteiger charge is -2.31. The second-order valence-electron chi connectivity index (χ2n) is 6.93. The number of H-pyrrole nitrogens is 1. The molecule has 3 rings (SSSR count). The van der Waals surface area contributed by atoms with E-state index in [4.69, 9.17) is 14.6 Å². The number of aromatic nitrogens is 5. The van der Waals surface area contributed by atoms with Gasteiger partial charge in [0.2, 0.25) is 0 Å². The molecule has 1 aliphatic heterocycles. The van der Waals surface area contributed by atoms with Crippen LogP contribution in [-0.2, 0) is 29.2 Å². The number of ether oxygens (including phenoxy) is 1. The minimum absolute atomic E-state index is 0.529. The maximum atomic E-state index is 10.6. The molecule has 0 spiro atoms. The highest BCUT2D eigenvalue weighted by Crippen LogP contribution is 2.20. The molecule has 0 radical (unpaired) electrons. The number of nitrogens with one attached hydrogen (secondary N) is 1. The molecule has 1 aliphatic rings. The summed E-state index contributed by atoms with van der Waals surface area (Å²) in [5, 5.41) is 22.7. The van der Waals surface area contributed by atoms with E-state index in [2.05, 4.69) is 31.5 Å². The van der Waals surface area contributed by atoms with Crippen molar-refractivity contribution in [2.75, 3.05) is 20.2 Å². The number of alkyl halides is 3. The molecule has 1 fully saturated rings. The average Bonchev–Trinajstić information content (AvgIpc) is 3.25. The highest BCUT2D eigenvalue weighted by atomic mass is 19.4. The summed E-state index contributed by atoms with van der Waals surface area (Å²) < 4.78 is 38.8. The van der Waals surface area contributed by atoms with E-state index in [-0.39, 0.29) is 0 Å². The zero-order valence-electron chi connectivity index (χ0n) is 16.3. The molecule has 2 N–H and O–H groups in total. The van der Waals surface area contributed by atoms with Gasteiger partial charge in [-0.2, -0.15) is 18.3 Å². The van der Waals surface area contributed by atoms with Crippen molar-refractivity contribution in [2.45, 2.75) is 45.6 Å². The molecular weight excluding hydrogens is 393 g/mol. The maximum Gasteiger partial charge on any atom is 0.490 e. The molecule has 3 heterocycles. The van der Waals surface area contributed by atoms with Crippen molar-refractivity contribution in [3.63, 3.8) is 0 Å². The van der Waals surface area contributed by atoms with E-state index in [0.717, 1.165) is 43.3 Å². The predicted octanol–water partition coefficient (Wildman–Crippen LogP) is 2.00. The summed E-state index contributed by atoms with van der Waals surface area (Å²) in [6.45, 7) is 6.71. The van der Waals surface area contributed by atoms with E-state index in [0.29, 0.717) is 12.5 Å². The van der Waals surface area contributed by atoms with Crippen molar-refractivity contribution >= 4 is 5.97 Å². The molecular formula is C17H25F3N6O3. The summed E-state index contributed by atoms with van der Waals surface area (Å²) in [6.07, 6.45) is -0.700. The summed E-state index contributed by atoms with van der Waals surface area (Å²) in [6, 6.07) is 2.12. The number of piperidine rings is 1. The van der Waals surface area contributed by atoms with Crippen LogP contribution >= 0.6 is 0 Å². The van der Waals surface area contributed by atoms with Crippen LogP contribution in [0.15, 0.2) is 12.3 Å². The van der Waals surface area contributed by atoms with Gasteiger partial charge in [0.15, 0.2) is 0 Å². The Kier molecular flexibility index (Phi) is 8.14. The summed E-state index contributed by atoms with van der Waals surface area (Å²) in [7, 11) is 1.68. The van der Waals surface area contributed by atoms with Gasteiger partial charge in [-0.3, -0.25) is 14.7 Å². The van der Waals surface area contributed by atoms with Crippen molar-refractivity contribution in [3.05, 3.63) is 29.3 Å². The zero-order valence-corrected chi connectivity index (χ0v) is 16.3. The summed E-state index contributed by atoms with van der Waals surface area (Å²) in [4.78, 5) is 11.4. The van der Waals surface area contributed by atoms with Gasteiger partial charge in [-0.15, -0.1) is 5.10 Å². The molecule has 2 aromatic rings. The fraction of sp³-hybridized carbons (Fsp3) is 0.647. The number of rotatable bonds is 6. The molecule has 0 saturated carbocycles. The number of aromatic amines is 1. The van der Waals surface area contributed by atoms with Crippen LogP contribution in [-0.4, -0.2) is 67.5 Å². The minimum atomic E-state index is -5.08. The number of nitrogens with zero attached hydrogens (tertiary/aromatic N) is 5. The number of aryl methyl sites for hydroxylation is 1. The third-order valence-electron chi connectivity index (χ3n) is 4.42. The second kappa shape index (κ2) is 10.3.